The van der Waals surface area contributed by atoms with Gasteiger partial charge in [0, 0.05) is 5.56 Å². The summed E-state index contributed by atoms with van der Waals surface area (Å²) in [6.07, 6.45) is -3.22. The van der Waals surface area contributed by atoms with Gasteiger partial charge in [0.1, 0.15) is 0 Å². The number of thiazole rings is 1. The van der Waals surface area contributed by atoms with Gasteiger partial charge in [-0.05, 0) is 29.3 Å². The SMILES string of the molecule is O=S(=O)(/C=C/c1ccc(C(F)(F)F)cc1)Nc1nc(-c2ccccc2)c(-c2ccccc2)s1. The lowest BCUT2D eigenvalue weighted by atomic mass is 10.1. The third-order valence-corrected chi connectivity index (χ3v) is 6.74. The van der Waals surface area contributed by atoms with Crippen LogP contribution < -0.4 is 4.72 Å². The lowest BCUT2D eigenvalue weighted by Gasteiger charge is -2.06. The summed E-state index contributed by atoms with van der Waals surface area (Å²) < 4.78 is 65.7. The monoisotopic (exact) mass is 486 g/mol. The minimum Gasteiger partial charge on any atom is -0.255 e. The molecule has 0 aliphatic heterocycles. The Bertz CT molecular complexity index is 1310. The van der Waals surface area contributed by atoms with Gasteiger partial charge in [0.15, 0.2) is 5.13 Å². The largest absolute Gasteiger partial charge is 0.416 e. The van der Waals surface area contributed by atoms with E-state index < -0.39 is 21.8 Å². The molecule has 1 aromatic heterocycles. The van der Waals surface area contributed by atoms with Gasteiger partial charge in [-0.2, -0.15) is 13.2 Å². The second-order valence-corrected chi connectivity index (χ2v) is 9.56. The number of rotatable bonds is 6. The standard InChI is InChI=1S/C24H17F3N2O2S2/c25-24(26,27)20-13-11-17(12-14-20)15-16-33(30,31)29-23-28-21(18-7-3-1-4-8-18)22(32-23)19-9-5-2-6-10-19/h1-16H,(H,28,29)/b16-15+. The molecule has 4 aromatic rings. The van der Waals surface area contributed by atoms with Crippen LogP contribution in [0.25, 0.3) is 27.8 Å². The Balaban J connectivity index is 1.60. The second kappa shape index (κ2) is 9.21. The predicted molar refractivity (Wildman–Crippen MR) is 126 cm³/mol. The first kappa shape index (κ1) is 22.8. The quantitative estimate of drug-likeness (QED) is 0.322. The third kappa shape index (κ3) is 5.68. The van der Waals surface area contributed by atoms with Crippen molar-refractivity contribution in [1.29, 1.82) is 0 Å². The van der Waals surface area contributed by atoms with Gasteiger partial charge in [0.2, 0.25) is 0 Å². The molecule has 0 aliphatic rings. The van der Waals surface area contributed by atoms with Gasteiger partial charge in [0.05, 0.1) is 21.5 Å². The Hall–Kier alpha value is -3.43. The lowest BCUT2D eigenvalue weighted by Crippen LogP contribution is -2.08. The van der Waals surface area contributed by atoms with E-state index in [1.807, 2.05) is 60.7 Å². The maximum atomic E-state index is 12.7. The Labute approximate surface area is 193 Å². The van der Waals surface area contributed by atoms with Crippen molar-refractivity contribution in [1.82, 2.24) is 4.98 Å². The van der Waals surface area contributed by atoms with E-state index in [4.69, 9.17) is 0 Å². The van der Waals surface area contributed by atoms with Crippen molar-refractivity contribution in [2.45, 2.75) is 6.18 Å². The summed E-state index contributed by atoms with van der Waals surface area (Å²) in [4.78, 5) is 5.32. The van der Waals surface area contributed by atoms with Crippen LogP contribution in [0.4, 0.5) is 18.3 Å². The van der Waals surface area contributed by atoms with E-state index in [-0.39, 0.29) is 5.13 Å². The van der Waals surface area contributed by atoms with Crippen LogP contribution in [0, 0.1) is 0 Å². The number of nitrogens with one attached hydrogen (secondary N) is 1. The van der Waals surface area contributed by atoms with E-state index in [0.29, 0.717) is 11.3 Å². The summed E-state index contributed by atoms with van der Waals surface area (Å²) in [7, 11) is -3.94. The second-order valence-electron chi connectivity index (χ2n) is 7.00. The Kier molecular flexibility index (Phi) is 6.35. The molecule has 0 radical (unpaired) electrons. The fraction of sp³-hybridized carbons (Fsp3) is 0.0417. The maximum absolute atomic E-state index is 12.7. The molecule has 0 fully saturated rings. The summed E-state index contributed by atoms with van der Waals surface area (Å²) >= 11 is 1.20. The molecular formula is C24H17F3N2O2S2. The predicted octanol–water partition coefficient (Wildman–Crippen LogP) is 6.91. The maximum Gasteiger partial charge on any atom is 0.416 e. The molecule has 0 saturated heterocycles. The fourth-order valence-corrected chi connectivity index (χ4v) is 5.10. The van der Waals surface area contributed by atoms with Gasteiger partial charge in [0.25, 0.3) is 10.0 Å². The number of alkyl halides is 3. The molecule has 0 spiro atoms. The van der Waals surface area contributed by atoms with Gasteiger partial charge in [-0.15, -0.1) is 0 Å². The molecule has 4 nitrogen and oxygen atoms in total. The number of hydrogen-bond acceptors (Lipinski definition) is 4. The Morgan fingerprint density at radius 2 is 1.39 bits per heavy atom. The highest BCUT2D eigenvalue weighted by Crippen LogP contribution is 2.39. The van der Waals surface area contributed by atoms with Crippen molar-refractivity contribution < 1.29 is 21.6 Å². The zero-order chi connectivity index (χ0) is 23.5. The minimum absolute atomic E-state index is 0.185. The average Bonchev–Trinajstić information content (AvgIpc) is 3.22. The summed E-state index contributed by atoms with van der Waals surface area (Å²) in [6, 6.07) is 23.1. The summed E-state index contributed by atoms with van der Waals surface area (Å²) in [5.41, 5.74) is 1.92. The van der Waals surface area contributed by atoms with Crippen LogP contribution in [0.1, 0.15) is 11.1 Å². The summed E-state index contributed by atoms with van der Waals surface area (Å²) in [6.45, 7) is 0. The summed E-state index contributed by atoms with van der Waals surface area (Å²) in [5.74, 6) is 0. The van der Waals surface area contributed by atoms with E-state index in [0.717, 1.165) is 33.5 Å². The fourth-order valence-electron chi connectivity index (χ4n) is 3.05. The first-order chi connectivity index (χ1) is 15.7. The van der Waals surface area contributed by atoms with Crippen LogP contribution in [0.5, 0.6) is 0 Å². The molecule has 0 amide bonds. The molecule has 0 saturated carbocycles. The van der Waals surface area contributed by atoms with E-state index in [2.05, 4.69) is 9.71 Å². The van der Waals surface area contributed by atoms with Crippen molar-refractivity contribution >= 4 is 32.6 Å². The highest BCUT2D eigenvalue weighted by atomic mass is 32.2. The lowest BCUT2D eigenvalue weighted by molar-refractivity contribution is -0.137. The number of aromatic nitrogens is 1. The molecule has 0 atom stereocenters. The van der Waals surface area contributed by atoms with Crippen molar-refractivity contribution in [3.63, 3.8) is 0 Å². The molecule has 168 valence electrons. The number of benzene rings is 3. The van der Waals surface area contributed by atoms with Gasteiger partial charge >= 0.3 is 6.18 Å². The first-order valence-electron chi connectivity index (χ1n) is 9.71. The molecule has 33 heavy (non-hydrogen) atoms. The topological polar surface area (TPSA) is 59.1 Å². The molecule has 1 heterocycles. The number of hydrogen-bond donors (Lipinski definition) is 1. The number of halogens is 3. The molecule has 0 aliphatic carbocycles. The molecule has 1 N–H and O–H groups in total. The van der Waals surface area contributed by atoms with Crippen molar-refractivity contribution in [2.75, 3.05) is 4.72 Å². The van der Waals surface area contributed by atoms with Crippen LogP contribution in [0.3, 0.4) is 0 Å². The third-order valence-electron chi connectivity index (χ3n) is 4.62. The Morgan fingerprint density at radius 1 is 0.818 bits per heavy atom. The highest BCUT2D eigenvalue weighted by Gasteiger charge is 2.29. The molecule has 4 rings (SSSR count). The molecular weight excluding hydrogens is 469 g/mol. The zero-order valence-corrected chi connectivity index (χ0v) is 18.6. The Morgan fingerprint density at radius 3 is 1.97 bits per heavy atom. The molecule has 0 unspecified atom stereocenters. The van der Waals surface area contributed by atoms with Crippen molar-refractivity contribution in [3.05, 3.63) is 101 Å². The van der Waals surface area contributed by atoms with Crippen LogP contribution in [0.2, 0.25) is 0 Å². The molecule has 3 aromatic carbocycles. The van der Waals surface area contributed by atoms with Crippen LogP contribution in [-0.4, -0.2) is 13.4 Å². The first-order valence-corrected chi connectivity index (χ1v) is 12.1. The van der Waals surface area contributed by atoms with Gasteiger partial charge in [-0.1, -0.05) is 84.1 Å². The number of sulfonamides is 1. The van der Waals surface area contributed by atoms with Crippen LogP contribution in [-0.2, 0) is 16.2 Å². The highest BCUT2D eigenvalue weighted by molar-refractivity contribution is 7.95. The van der Waals surface area contributed by atoms with Crippen LogP contribution in [0.15, 0.2) is 90.3 Å². The van der Waals surface area contributed by atoms with Gasteiger partial charge in [-0.3, -0.25) is 4.72 Å². The van der Waals surface area contributed by atoms with Crippen molar-refractivity contribution in [2.24, 2.45) is 0 Å². The van der Waals surface area contributed by atoms with Gasteiger partial charge < -0.3 is 0 Å². The normalized spacial score (nSPS) is 12.2. The van der Waals surface area contributed by atoms with E-state index in [1.165, 1.54) is 29.5 Å². The van der Waals surface area contributed by atoms with E-state index in [1.54, 1.807) is 0 Å². The zero-order valence-electron chi connectivity index (χ0n) is 17.0. The van der Waals surface area contributed by atoms with Gasteiger partial charge in [-0.25, -0.2) is 13.4 Å². The number of anilines is 1. The molecule has 0 bridgehead atoms. The number of nitrogens with zero attached hydrogens (tertiary/aromatic N) is 1. The van der Waals surface area contributed by atoms with E-state index >= 15 is 0 Å². The van der Waals surface area contributed by atoms with Crippen molar-refractivity contribution in [3.8, 4) is 21.7 Å². The molecule has 9 heteroatoms. The van der Waals surface area contributed by atoms with Crippen LogP contribution >= 0.6 is 11.3 Å². The average molecular weight is 487 g/mol. The summed E-state index contributed by atoms with van der Waals surface area (Å²) in [5, 5.41) is 1.09. The van der Waals surface area contributed by atoms with E-state index in [9.17, 15) is 21.6 Å². The smallest absolute Gasteiger partial charge is 0.255 e. The minimum atomic E-state index is -4.45.